The minimum Gasteiger partial charge on any atom is -0.322 e. The fourth-order valence-electron chi connectivity index (χ4n) is 2.69. The molecular weight excluding hydrogens is 336 g/mol. The summed E-state index contributed by atoms with van der Waals surface area (Å²) in [6.45, 7) is 1.93. The number of hydrazone groups is 1. The third-order valence-electron chi connectivity index (χ3n) is 4.02. The van der Waals surface area contributed by atoms with Gasteiger partial charge in [-0.2, -0.15) is 5.10 Å². The van der Waals surface area contributed by atoms with Crippen LogP contribution in [0.2, 0.25) is 0 Å². The van der Waals surface area contributed by atoms with Crippen molar-refractivity contribution in [2.75, 3.05) is 5.32 Å². The van der Waals surface area contributed by atoms with Gasteiger partial charge in [-0.25, -0.2) is 5.43 Å². The predicted molar refractivity (Wildman–Crippen MR) is 96.0 cm³/mol. The molecule has 0 aliphatic carbocycles. The third-order valence-corrected chi connectivity index (χ3v) is 4.02. The number of carbonyl (C=O) groups is 2. The van der Waals surface area contributed by atoms with Crippen molar-refractivity contribution < 1.29 is 14.5 Å². The van der Waals surface area contributed by atoms with Crippen LogP contribution in [-0.4, -0.2) is 22.4 Å². The Morgan fingerprint density at radius 1 is 1.27 bits per heavy atom. The molecule has 1 atom stereocenters. The Balaban J connectivity index is 1.73. The van der Waals surface area contributed by atoms with Gasteiger partial charge in [0, 0.05) is 35.7 Å². The average molecular weight is 352 g/mol. The smallest absolute Gasteiger partial charge is 0.270 e. The Kier molecular flexibility index (Phi) is 4.74. The highest BCUT2D eigenvalue weighted by Crippen LogP contribution is 2.19. The van der Waals surface area contributed by atoms with Gasteiger partial charge in [0.2, 0.25) is 5.91 Å². The molecule has 1 aliphatic heterocycles. The first kappa shape index (κ1) is 17.3. The van der Waals surface area contributed by atoms with Crippen molar-refractivity contribution in [2.24, 2.45) is 11.0 Å². The quantitative estimate of drug-likeness (QED) is 0.650. The zero-order chi connectivity index (χ0) is 18.7. The largest absolute Gasteiger partial charge is 0.322 e. The number of hydrogen-bond donors (Lipinski definition) is 2. The zero-order valence-corrected chi connectivity index (χ0v) is 13.9. The summed E-state index contributed by atoms with van der Waals surface area (Å²) in [6.07, 6.45) is 0.379. The van der Waals surface area contributed by atoms with Gasteiger partial charge in [-0.05, 0) is 23.8 Å². The van der Waals surface area contributed by atoms with Crippen LogP contribution in [0.1, 0.15) is 29.3 Å². The van der Waals surface area contributed by atoms with Crippen LogP contribution in [0.15, 0.2) is 53.6 Å². The van der Waals surface area contributed by atoms with E-state index in [2.05, 4.69) is 15.8 Å². The number of non-ortho nitro benzene ring substituents is 1. The molecule has 3 rings (SSSR count). The fraction of sp³-hybridized carbons (Fsp3) is 0.167. The summed E-state index contributed by atoms with van der Waals surface area (Å²) in [6, 6.07) is 12.6. The number of nitro benzene ring substituents is 1. The van der Waals surface area contributed by atoms with Gasteiger partial charge in [0.1, 0.15) is 0 Å². The number of anilines is 1. The van der Waals surface area contributed by atoms with Gasteiger partial charge in [0.05, 0.1) is 10.6 Å². The van der Waals surface area contributed by atoms with E-state index in [1.807, 2.05) is 6.92 Å². The maximum absolute atomic E-state index is 12.3. The Labute approximate surface area is 149 Å². The van der Waals surface area contributed by atoms with Crippen LogP contribution < -0.4 is 10.7 Å². The molecular formula is C18H16N4O4. The van der Waals surface area contributed by atoms with Crippen LogP contribution in [0.3, 0.4) is 0 Å². The van der Waals surface area contributed by atoms with Crippen molar-refractivity contribution in [1.82, 2.24) is 5.43 Å². The van der Waals surface area contributed by atoms with Crippen LogP contribution in [0.4, 0.5) is 11.4 Å². The molecule has 0 saturated heterocycles. The van der Waals surface area contributed by atoms with Gasteiger partial charge in [-0.1, -0.05) is 25.1 Å². The lowest BCUT2D eigenvalue weighted by Crippen LogP contribution is -2.31. The molecule has 0 saturated carbocycles. The van der Waals surface area contributed by atoms with E-state index in [1.165, 1.54) is 24.3 Å². The van der Waals surface area contributed by atoms with E-state index in [0.29, 0.717) is 12.1 Å². The van der Waals surface area contributed by atoms with Crippen LogP contribution in [-0.2, 0) is 4.79 Å². The molecule has 0 fully saturated rings. The first-order chi connectivity index (χ1) is 12.4. The predicted octanol–water partition coefficient (Wildman–Crippen LogP) is 2.71. The molecule has 1 unspecified atom stereocenters. The van der Waals surface area contributed by atoms with E-state index < -0.39 is 10.8 Å². The van der Waals surface area contributed by atoms with Crippen molar-refractivity contribution in [3.63, 3.8) is 0 Å². The highest BCUT2D eigenvalue weighted by molar-refractivity contribution is 6.07. The molecule has 2 aromatic carbocycles. The SMILES string of the molecule is CC1CC(=O)NN=C1c1ccc(NC(=O)c2cccc([N+](=O)[O-])c2)cc1. The van der Waals surface area contributed by atoms with Crippen molar-refractivity contribution in [1.29, 1.82) is 0 Å². The molecule has 0 bridgehead atoms. The molecule has 0 radical (unpaired) electrons. The number of rotatable bonds is 4. The van der Waals surface area contributed by atoms with Crippen molar-refractivity contribution in [3.05, 3.63) is 69.8 Å². The van der Waals surface area contributed by atoms with Crippen LogP contribution in [0.5, 0.6) is 0 Å². The number of amides is 2. The number of carbonyl (C=O) groups excluding carboxylic acids is 2. The minimum atomic E-state index is -0.545. The Morgan fingerprint density at radius 3 is 2.65 bits per heavy atom. The molecule has 1 aliphatic rings. The zero-order valence-electron chi connectivity index (χ0n) is 13.9. The Morgan fingerprint density at radius 2 is 2.00 bits per heavy atom. The molecule has 0 aromatic heterocycles. The van der Waals surface area contributed by atoms with Gasteiger partial charge in [0.25, 0.3) is 11.6 Å². The second-order valence-electron chi connectivity index (χ2n) is 5.98. The minimum absolute atomic E-state index is 0.00839. The van der Waals surface area contributed by atoms with Crippen molar-refractivity contribution >= 4 is 28.9 Å². The molecule has 2 amide bonds. The monoisotopic (exact) mass is 352 g/mol. The summed E-state index contributed by atoms with van der Waals surface area (Å²) in [5.41, 5.74) is 4.72. The Bertz CT molecular complexity index is 906. The summed E-state index contributed by atoms with van der Waals surface area (Å²) in [5, 5.41) is 17.6. The van der Waals surface area contributed by atoms with E-state index in [0.717, 1.165) is 11.3 Å². The number of benzene rings is 2. The van der Waals surface area contributed by atoms with Gasteiger partial charge in [-0.15, -0.1) is 0 Å². The molecule has 8 heteroatoms. The summed E-state index contributed by atoms with van der Waals surface area (Å²) in [5.74, 6) is -0.534. The Hall–Kier alpha value is -3.55. The topological polar surface area (TPSA) is 114 Å². The first-order valence-corrected chi connectivity index (χ1v) is 7.96. The molecule has 26 heavy (non-hydrogen) atoms. The molecule has 0 spiro atoms. The van der Waals surface area contributed by atoms with Crippen LogP contribution >= 0.6 is 0 Å². The van der Waals surface area contributed by atoms with Crippen LogP contribution in [0, 0.1) is 16.0 Å². The third kappa shape index (κ3) is 3.75. The molecule has 1 heterocycles. The van der Waals surface area contributed by atoms with Crippen molar-refractivity contribution in [2.45, 2.75) is 13.3 Å². The number of hydrogen-bond acceptors (Lipinski definition) is 5. The lowest BCUT2D eigenvalue weighted by atomic mass is 9.94. The lowest BCUT2D eigenvalue weighted by molar-refractivity contribution is -0.384. The molecule has 132 valence electrons. The van der Waals surface area contributed by atoms with Crippen molar-refractivity contribution in [3.8, 4) is 0 Å². The second-order valence-corrected chi connectivity index (χ2v) is 5.98. The second kappa shape index (κ2) is 7.14. The summed E-state index contributed by atoms with van der Waals surface area (Å²) in [4.78, 5) is 33.8. The maximum atomic E-state index is 12.3. The maximum Gasteiger partial charge on any atom is 0.270 e. The normalized spacial score (nSPS) is 16.4. The summed E-state index contributed by atoms with van der Waals surface area (Å²) in [7, 11) is 0. The fourth-order valence-corrected chi connectivity index (χ4v) is 2.69. The van der Waals surface area contributed by atoms with Gasteiger partial charge >= 0.3 is 0 Å². The van der Waals surface area contributed by atoms with Gasteiger partial charge in [-0.3, -0.25) is 19.7 Å². The average Bonchev–Trinajstić information content (AvgIpc) is 2.63. The van der Waals surface area contributed by atoms with Gasteiger partial charge in [0.15, 0.2) is 0 Å². The number of nitro groups is 1. The highest BCUT2D eigenvalue weighted by Gasteiger charge is 2.21. The highest BCUT2D eigenvalue weighted by atomic mass is 16.6. The van der Waals surface area contributed by atoms with E-state index in [9.17, 15) is 19.7 Å². The summed E-state index contributed by atoms with van der Waals surface area (Å²) >= 11 is 0. The number of nitrogens with zero attached hydrogens (tertiary/aromatic N) is 2. The number of nitrogens with one attached hydrogen (secondary N) is 2. The molecule has 2 aromatic rings. The molecule has 2 N–H and O–H groups in total. The van der Waals surface area contributed by atoms with E-state index in [4.69, 9.17) is 0 Å². The lowest BCUT2D eigenvalue weighted by Gasteiger charge is -2.19. The molecule has 8 nitrogen and oxygen atoms in total. The van der Waals surface area contributed by atoms with Gasteiger partial charge < -0.3 is 5.32 Å². The standard InChI is InChI=1S/C18H16N4O4/c1-11-9-16(23)20-21-17(11)12-5-7-14(8-6-12)19-18(24)13-3-2-4-15(10-13)22(25)26/h2-8,10-11H,9H2,1H3,(H,19,24)(H,20,23). The summed E-state index contributed by atoms with van der Waals surface area (Å²) < 4.78 is 0. The van der Waals surface area contributed by atoms with E-state index in [1.54, 1.807) is 24.3 Å². The first-order valence-electron chi connectivity index (χ1n) is 7.96. The van der Waals surface area contributed by atoms with E-state index >= 15 is 0 Å². The van der Waals surface area contributed by atoms with Crippen LogP contribution in [0.25, 0.3) is 0 Å². The van der Waals surface area contributed by atoms with E-state index in [-0.39, 0.29) is 23.1 Å².